The second kappa shape index (κ2) is 10.5. The van der Waals surface area contributed by atoms with Crippen molar-refractivity contribution in [2.75, 3.05) is 26.7 Å². The predicted octanol–water partition coefficient (Wildman–Crippen LogP) is 3.22. The molecule has 2 rings (SSSR count). The lowest BCUT2D eigenvalue weighted by atomic mass is 10.0. The fourth-order valence-electron chi connectivity index (χ4n) is 3.10. The summed E-state index contributed by atoms with van der Waals surface area (Å²) in [4.78, 5) is 26.5. The Morgan fingerprint density at radius 1 is 1.00 bits per heavy atom. The zero-order chi connectivity index (χ0) is 19.6. The van der Waals surface area contributed by atoms with Gasteiger partial charge in [-0.05, 0) is 42.8 Å². The highest BCUT2D eigenvalue weighted by Crippen LogP contribution is 2.20. The first-order valence-electron chi connectivity index (χ1n) is 9.34. The van der Waals surface area contributed by atoms with Gasteiger partial charge >= 0.3 is 5.97 Å². The zero-order valence-corrected chi connectivity index (χ0v) is 16.3. The Bertz CT molecular complexity index is 725. The first-order chi connectivity index (χ1) is 13.1. The van der Waals surface area contributed by atoms with E-state index in [1.54, 1.807) is 12.1 Å². The van der Waals surface area contributed by atoms with Gasteiger partial charge in [-0.25, -0.2) is 4.79 Å². The molecule has 0 aliphatic rings. The largest absolute Gasteiger partial charge is 0.465 e. The summed E-state index contributed by atoms with van der Waals surface area (Å²) in [6.45, 7) is 6.28. The quantitative estimate of drug-likeness (QED) is 0.691. The van der Waals surface area contributed by atoms with Gasteiger partial charge in [0.1, 0.15) is 6.04 Å². The lowest BCUT2D eigenvalue weighted by Gasteiger charge is -2.29. The summed E-state index contributed by atoms with van der Waals surface area (Å²) in [7, 11) is 1.37. The number of likely N-dealkylation sites (N-methyl/N-ethyl adjacent to an activating group) is 1. The van der Waals surface area contributed by atoms with E-state index in [4.69, 9.17) is 4.74 Å². The number of amides is 1. The number of carbonyl (C=O) groups is 2. The van der Waals surface area contributed by atoms with E-state index >= 15 is 0 Å². The average molecular weight is 368 g/mol. The zero-order valence-electron chi connectivity index (χ0n) is 16.3. The van der Waals surface area contributed by atoms with Crippen molar-refractivity contribution in [3.8, 4) is 0 Å². The molecule has 1 atom stereocenters. The molecule has 5 nitrogen and oxygen atoms in total. The van der Waals surface area contributed by atoms with Crippen molar-refractivity contribution in [1.29, 1.82) is 0 Å². The molecule has 2 aromatic rings. The van der Waals surface area contributed by atoms with Crippen LogP contribution in [0.2, 0.25) is 0 Å². The van der Waals surface area contributed by atoms with E-state index in [1.165, 1.54) is 7.11 Å². The van der Waals surface area contributed by atoms with Gasteiger partial charge in [0, 0.05) is 6.54 Å². The van der Waals surface area contributed by atoms with Crippen molar-refractivity contribution in [2.45, 2.75) is 26.3 Å². The van der Waals surface area contributed by atoms with Crippen LogP contribution in [0, 0.1) is 0 Å². The first-order valence-corrected chi connectivity index (χ1v) is 9.34. The van der Waals surface area contributed by atoms with E-state index < -0.39 is 0 Å². The minimum Gasteiger partial charge on any atom is -0.465 e. The van der Waals surface area contributed by atoms with Crippen molar-refractivity contribution < 1.29 is 14.3 Å². The monoisotopic (exact) mass is 368 g/mol. The van der Waals surface area contributed by atoms with Gasteiger partial charge in [0.15, 0.2) is 0 Å². The van der Waals surface area contributed by atoms with Gasteiger partial charge in [-0.1, -0.05) is 56.3 Å². The summed E-state index contributed by atoms with van der Waals surface area (Å²) in [5.41, 5.74) is 2.58. The first kappa shape index (κ1) is 20.6. The molecule has 2 aromatic carbocycles. The number of hydrogen-bond donors (Lipinski definition) is 1. The number of carbonyl (C=O) groups excluding carboxylic acids is 2. The predicted molar refractivity (Wildman–Crippen MR) is 107 cm³/mol. The van der Waals surface area contributed by atoms with Crippen LogP contribution in [-0.4, -0.2) is 43.5 Å². The molecular weight excluding hydrogens is 340 g/mol. The molecule has 144 valence electrons. The van der Waals surface area contributed by atoms with Crippen LogP contribution >= 0.6 is 0 Å². The molecule has 1 amide bonds. The van der Waals surface area contributed by atoms with Crippen LogP contribution in [0.4, 0.5) is 0 Å². The van der Waals surface area contributed by atoms with Crippen molar-refractivity contribution in [3.63, 3.8) is 0 Å². The highest BCUT2D eigenvalue weighted by molar-refractivity contribution is 5.89. The Morgan fingerprint density at radius 2 is 1.63 bits per heavy atom. The van der Waals surface area contributed by atoms with E-state index in [1.807, 2.05) is 42.5 Å². The number of hydrogen-bond acceptors (Lipinski definition) is 4. The van der Waals surface area contributed by atoms with E-state index in [2.05, 4.69) is 24.1 Å². The summed E-state index contributed by atoms with van der Waals surface area (Å²) in [6, 6.07) is 16.8. The summed E-state index contributed by atoms with van der Waals surface area (Å²) in [5, 5.41) is 3.06. The summed E-state index contributed by atoms with van der Waals surface area (Å²) in [6.07, 6.45) is 0.701. The SMILES string of the molecule is CCN(CC)C(C(=O)NCCc1ccc(C(=O)OC)cc1)c1ccccc1. The van der Waals surface area contributed by atoms with Crippen LogP contribution in [0.5, 0.6) is 0 Å². The van der Waals surface area contributed by atoms with Gasteiger partial charge in [-0.3, -0.25) is 9.69 Å². The number of nitrogens with one attached hydrogen (secondary N) is 1. The van der Waals surface area contributed by atoms with E-state index in [9.17, 15) is 9.59 Å². The van der Waals surface area contributed by atoms with Crippen LogP contribution in [-0.2, 0) is 16.0 Å². The Hall–Kier alpha value is -2.66. The van der Waals surface area contributed by atoms with Crippen LogP contribution < -0.4 is 5.32 Å². The minimum absolute atomic E-state index is 0.0103. The molecule has 0 aliphatic carbocycles. The Morgan fingerprint density at radius 3 is 2.19 bits per heavy atom. The Labute approximate surface area is 161 Å². The molecule has 0 aromatic heterocycles. The van der Waals surface area contributed by atoms with E-state index in [-0.39, 0.29) is 17.9 Å². The smallest absolute Gasteiger partial charge is 0.337 e. The van der Waals surface area contributed by atoms with Gasteiger partial charge in [-0.15, -0.1) is 0 Å². The van der Waals surface area contributed by atoms with Gasteiger partial charge in [-0.2, -0.15) is 0 Å². The van der Waals surface area contributed by atoms with Crippen molar-refractivity contribution in [3.05, 3.63) is 71.3 Å². The Kier molecular flexibility index (Phi) is 8.01. The third-order valence-electron chi connectivity index (χ3n) is 4.63. The average Bonchev–Trinajstić information content (AvgIpc) is 2.72. The molecule has 5 heteroatoms. The highest BCUT2D eigenvalue weighted by Gasteiger charge is 2.25. The van der Waals surface area contributed by atoms with Gasteiger partial charge in [0.05, 0.1) is 12.7 Å². The molecule has 0 radical (unpaired) electrons. The van der Waals surface area contributed by atoms with Crippen LogP contribution in [0.1, 0.15) is 41.4 Å². The number of esters is 1. The normalized spacial score (nSPS) is 11.9. The molecule has 1 N–H and O–H groups in total. The standard InChI is InChI=1S/C22H28N2O3/c1-4-24(5-2)20(18-9-7-6-8-10-18)21(25)23-16-15-17-11-13-19(14-12-17)22(26)27-3/h6-14,20H,4-5,15-16H2,1-3H3,(H,23,25). The minimum atomic E-state index is -0.347. The van der Waals surface area contributed by atoms with E-state index in [0.717, 1.165) is 24.2 Å². The molecular formula is C22H28N2O3. The topological polar surface area (TPSA) is 58.6 Å². The molecule has 0 saturated carbocycles. The summed E-state index contributed by atoms with van der Waals surface area (Å²) >= 11 is 0. The third kappa shape index (κ3) is 5.66. The molecule has 0 fully saturated rings. The van der Waals surface area contributed by atoms with Crippen molar-refractivity contribution in [2.24, 2.45) is 0 Å². The summed E-state index contributed by atoms with van der Waals surface area (Å²) in [5.74, 6) is -0.337. The molecule has 0 aliphatic heterocycles. The molecule has 0 bridgehead atoms. The van der Waals surface area contributed by atoms with E-state index in [0.29, 0.717) is 18.5 Å². The Balaban J connectivity index is 1.98. The fraction of sp³-hybridized carbons (Fsp3) is 0.364. The lowest BCUT2D eigenvalue weighted by Crippen LogP contribution is -2.41. The number of methoxy groups -OCH3 is 1. The number of ether oxygens (including phenoxy) is 1. The molecule has 0 spiro atoms. The molecule has 27 heavy (non-hydrogen) atoms. The third-order valence-corrected chi connectivity index (χ3v) is 4.63. The molecule has 0 saturated heterocycles. The van der Waals surface area contributed by atoms with Crippen LogP contribution in [0.3, 0.4) is 0 Å². The highest BCUT2D eigenvalue weighted by atomic mass is 16.5. The second-order valence-electron chi connectivity index (χ2n) is 6.26. The maximum absolute atomic E-state index is 12.9. The maximum Gasteiger partial charge on any atom is 0.337 e. The fourth-order valence-corrected chi connectivity index (χ4v) is 3.10. The summed E-state index contributed by atoms with van der Waals surface area (Å²) < 4.78 is 4.70. The number of nitrogens with zero attached hydrogens (tertiary/aromatic N) is 1. The molecule has 1 unspecified atom stereocenters. The van der Waals surface area contributed by atoms with Crippen molar-refractivity contribution in [1.82, 2.24) is 10.2 Å². The molecule has 0 heterocycles. The number of benzene rings is 2. The van der Waals surface area contributed by atoms with Crippen LogP contribution in [0.15, 0.2) is 54.6 Å². The van der Waals surface area contributed by atoms with Gasteiger partial charge in [0.25, 0.3) is 0 Å². The lowest BCUT2D eigenvalue weighted by molar-refractivity contribution is -0.126. The van der Waals surface area contributed by atoms with Gasteiger partial charge in [0.2, 0.25) is 5.91 Å². The maximum atomic E-state index is 12.9. The number of rotatable bonds is 9. The van der Waals surface area contributed by atoms with Gasteiger partial charge < -0.3 is 10.1 Å². The second-order valence-corrected chi connectivity index (χ2v) is 6.26. The van der Waals surface area contributed by atoms with Crippen molar-refractivity contribution >= 4 is 11.9 Å². The van der Waals surface area contributed by atoms with Crippen LogP contribution in [0.25, 0.3) is 0 Å².